The van der Waals surface area contributed by atoms with Gasteiger partial charge in [-0.2, -0.15) is 0 Å². The molecule has 0 N–H and O–H groups in total. The van der Waals surface area contributed by atoms with Crippen LogP contribution in [0.15, 0.2) is 39.4 Å². The van der Waals surface area contributed by atoms with Gasteiger partial charge in [-0.15, -0.1) is 0 Å². The van der Waals surface area contributed by atoms with Crippen LogP contribution in [-0.4, -0.2) is 43.4 Å². The van der Waals surface area contributed by atoms with Gasteiger partial charge in [0.05, 0.1) is 18.1 Å². The highest BCUT2D eigenvalue weighted by molar-refractivity contribution is 9.10. The van der Waals surface area contributed by atoms with Crippen molar-refractivity contribution in [2.24, 2.45) is 0 Å². The number of carbonyl (C=O) groups excluding carboxylic acids is 1. The van der Waals surface area contributed by atoms with E-state index in [1.807, 2.05) is 32.0 Å². The van der Waals surface area contributed by atoms with Gasteiger partial charge in [0.25, 0.3) is 5.91 Å². The molecule has 0 unspecified atom stereocenters. The normalized spacial score (nSPS) is 18.4. The molecule has 146 valence electrons. The molecule has 1 amide bonds. The lowest BCUT2D eigenvalue weighted by Crippen LogP contribution is -2.43. The topological polar surface area (TPSA) is 76.8 Å². The Hall–Kier alpha value is -1.80. The summed E-state index contributed by atoms with van der Waals surface area (Å²) in [5.41, 5.74) is 2.10. The zero-order chi connectivity index (χ0) is 19.6. The average Bonchev–Trinajstić information content (AvgIpc) is 3.14. The number of halogens is 1. The summed E-state index contributed by atoms with van der Waals surface area (Å²) < 4.78 is 35.5. The Morgan fingerprint density at radius 3 is 2.52 bits per heavy atom. The Morgan fingerprint density at radius 2 is 1.96 bits per heavy atom. The van der Waals surface area contributed by atoms with Gasteiger partial charge in [-0.1, -0.05) is 6.07 Å². The summed E-state index contributed by atoms with van der Waals surface area (Å²) in [5.74, 6) is 1.03. The van der Waals surface area contributed by atoms with E-state index >= 15 is 0 Å². The number of rotatable bonds is 6. The molecule has 3 rings (SSSR count). The summed E-state index contributed by atoms with van der Waals surface area (Å²) in [7, 11) is -3.11. The highest BCUT2D eigenvalue weighted by Gasteiger charge is 2.35. The molecule has 6 nitrogen and oxygen atoms in total. The SMILES string of the molecule is Cc1cc(C)cc(OCC(=O)N(Cc2ccc(Br)o2)[C@@H]2CCS(=O)(=O)C2)c1. The van der Waals surface area contributed by atoms with E-state index in [9.17, 15) is 13.2 Å². The number of furan rings is 1. The molecule has 1 aliphatic rings. The van der Waals surface area contributed by atoms with Crippen LogP contribution in [0.2, 0.25) is 0 Å². The minimum atomic E-state index is -3.11. The molecule has 8 heteroatoms. The fourth-order valence-corrected chi connectivity index (χ4v) is 5.36. The molecule has 2 aromatic rings. The summed E-state index contributed by atoms with van der Waals surface area (Å²) in [6, 6.07) is 8.91. The van der Waals surface area contributed by atoms with E-state index in [1.54, 1.807) is 17.0 Å². The second-order valence-electron chi connectivity index (χ2n) is 6.90. The van der Waals surface area contributed by atoms with Gasteiger partial charge in [0, 0.05) is 6.04 Å². The Morgan fingerprint density at radius 1 is 1.26 bits per heavy atom. The van der Waals surface area contributed by atoms with Crippen LogP contribution in [0, 0.1) is 13.8 Å². The first-order chi connectivity index (χ1) is 12.7. The molecule has 1 aromatic carbocycles. The monoisotopic (exact) mass is 455 g/mol. The van der Waals surface area contributed by atoms with Gasteiger partial charge in [0.2, 0.25) is 0 Å². The lowest BCUT2D eigenvalue weighted by atomic mass is 10.1. The first-order valence-corrected chi connectivity index (χ1v) is 11.3. The van der Waals surface area contributed by atoms with Gasteiger partial charge in [-0.05, 0) is 71.6 Å². The summed E-state index contributed by atoms with van der Waals surface area (Å²) in [4.78, 5) is 14.4. The van der Waals surface area contributed by atoms with Crippen LogP contribution in [-0.2, 0) is 21.2 Å². The van der Waals surface area contributed by atoms with Crippen LogP contribution in [0.5, 0.6) is 5.75 Å². The van der Waals surface area contributed by atoms with E-state index in [1.165, 1.54) is 0 Å². The van der Waals surface area contributed by atoms with E-state index in [-0.39, 0.29) is 36.6 Å². The first kappa shape index (κ1) is 19.9. The number of hydrogen-bond acceptors (Lipinski definition) is 5. The second-order valence-corrected chi connectivity index (χ2v) is 9.91. The van der Waals surface area contributed by atoms with Crippen molar-refractivity contribution in [1.82, 2.24) is 4.90 Å². The van der Waals surface area contributed by atoms with Crippen molar-refractivity contribution < 1.29 is 22.4 Å². The van der Waals surface area contributed by atoms with Crippen LogP contribution < -0.4 is 4.74 Å². The average molecular weight is 456 g/mol. The van der Waals surface area contributed by atoms with Crippen molar-refractivity contribution in [3.05, 3.63) is 51.9 Å². The fraction of sp³-hybridized carbons (Fsp3) is 0.421. The third-order valence-electron chi connectivity index (χ3n) is 4.48. The number of ether oxygens (including phenoxy) is 1. The maximum absolute atomic E-state index is 12.8. The number of aryl methyl sites for hydroxylation is 2. The van der Waals surface area contributed by atoms with Gasteiger partial charge < -0.3 is 14.1 Å². The Balaban J connectivity index is 1.73. The molecule has 0 radical (unpaired) electrons. The number of hydrogen-bond donors (Lipinski definition) is 0. The Kier molecular flexibility index (Phi) is 5.95. The van der Waals surface area contributed by atoms with E-state index in [2.05, 4.69) is 15.9 Å². The summed E-state index contributed by atoms with van der Waals surface area (Å²) >= 11 is 3.24. The molecule has 0 aliphatic carbocycles. The van der Waals surface area contributed by atoms with Crippen molar-refractivity contribution in [3.8, 4) is 5.75 Å². The molecule has 1 aromatic heterocycles. The summed E-state index contributed by atoms with van der Waals surface area (Å²) in [5, 5.41) is 0. The van der Waals surface area contributed by atoms with Crippen molar-refractivity contribution in [2.45, 2.75) is 32.9 Å². The molecule has 1 aliphatic heterocycles. The number of carbonyl (C=O) groups is 1. The maximum Gasteiger partial charge on any atom is 0.261 e. The van der Waals surface area contributed by atoms with Crippen LogP contribution in [0.3, 0.4) is 0 Å². The quantitative estimate of drug-likeness (QED) is 0.667. The summed E-state index contributed by atoms with van der Waals surface area (Å²) in [6.45, 7) is 3.99. The van der Waals surface area contributed by atoms with E-state index < -0.39 is 9.84 Å². The third-order valence-corrected chi connectivity index (χ3v) is 6.66. The summed E-state index contributed by atoms with van der Waals surface area (Å²) in [6.07, 6.45) is 0.430. The maximum atomic E-state index is 12.8. The van der Waals surface area contributed by atoms with Crippen LogP contribution >= 0.6 is 15.9 Å². The highest BCUT2D eigenvalue weighted by atomic mass is 79.9. The number of sulfone groups is 1. The van der Waals surface area contributed by atoms with E-state index in [0.717, 1.165) is 11.1 Å². The molecule has 1 saturated heterocycles. The Labute approximate surface area is 167 Å². The third kappa shape index (κ3) is 5.35. The van der Waals surface area contributed by atoms with Gasteiger partial charge in [-0.25, -0.2) is 8.42 Å². The lowest BCUT2D eigenvalue weighted by Gasteiger charge is -2.27. The molecule has 1 atom stereocenters. The fourth-order valence-electron chi connectivity index (χ4n) is 3.29. The molecule has 0 bridgehead atoms. The second kappa shape index (κ2) is 8.06. The van der Waals surface area contributed by atoms with Crippen LogP contribution in [0.1, 0.15) is 23.3 Å². The van der Waals surface area contributed by atoms with Crippen LogP contribution in [0.4, 0.5) is 0 Å². The van der Waals surface area contributed by atoms with Crippen molar-refractivity contribution in [1.29, 1.82) is 0 Å². The smallest absolute Gasteiger partial charge is 0.261 e. The minimum absolute atomic E-state index is 0.0236. The first-order valence-electron chi connectivity index (χ1n) is 8.67. The molecular formula is C19H22BrNO5S. The number of nitrogens with zero attached hydrogens (tertiary/aromatic N) is 1. The van der Waals surface area contributed by atoms with E-state index in [0.29, 0.717) is 22.6 Å². The van der Waals surface area contributed by atoms with Gasteiger partial charge in [0.15, 0.2) is 21.1 Å². The molecule has 1 fully saturated rings. The van der Waals surface area contributed by atoms with Gasteiger partial charge in [-0.3, -0.25) is 4.79 Å². The standard InChI is InChI=1S/C19H22BrNO5S/c1-13-7-14(2)9-17(8-13)25-11-19(22)21(10-16-3-4-18(20)26-16)15-5-6-27(23,24)12-15/h3-4,7-9,15H,5-6,10-12H2,1-2H3/t15-/m1/s1. The van der Waals surface area contributed by atoms with Crippen molar-refractivity contribution in [3.63, 3.8) is 0 Å². The Bertz CT molecular complexity index is 917. The zero-order valence-corrected chi connectivity index (χ0v) is 17.7. The predicted octanol–water partition coefficient (Wildman–Crippen LogP) is 3.25. The van der Waals surface area contributed by atoms with Gasteiger partial charge >= 0.3 is 0 Å². The zero-order valence-electron chi connectivity index (χ0n) is 15.3. The number of benzene rings is 1. The lowest BCUT2D eigenvalue weighted by molar-refractivity contribution is -0.136. The molecule has 0 saturated carbocycles. The largest absolute Gasteiger partial charge is 0.484 e. The minimum Gasteiger partial charge on any atom is -0.484 e. The highest BCUT2D eigenvalue weighted by Crippen LogP contribution is 2.23. The van der Waals surface area contributed by atoms with Crippen molar-refractivity contribution >= 4 is 31.7 Å². The molecular weight excluding hydrogens is 434 g/mol. The molecule has 27 heavy (non-hydrogen) atoms. The van der Waals surface area contributed by atoms with E-state index in [4.69, 9.17) is 9.15 Å². The van der Waals surface area contributed by atoms with Gasteiger partial charge in [0.1, 0.15) is 11.5 Å². The predicted molar refractivity (Wildman–Crippen MR) is 105 cm³/mol. The molecule has 2 heterocycles. The van der Waals surface area contributed by atoms with Crippen LogP contribution in [0.25, 0.3) is 0 Å². The molecule has 0 spiro atoms. The van der Waals surface area contributed by atoms with Crippen molar-refractivity contribution in [2.75, 3.05) is 18.1 Å². The number of amides is 1.